The van der Waals surface area contributed by atoms with Crippen molar-refractivity contribution < 1.29 is 22.4 Å². The molecular formula is C23H29ClFN3O4S. The van der Waals surface area contributed by atoms with Crippen molar-refractivity contribution in [3.05, 3.63) is 64.9 Å². The summed E-state index contributed by atoms with van der Waals surface area (Å²) in [4.78, 5) is 27.3. The molecule has 0 radical (unpaired) electrons. The molecule has 0 saturated heterocycles. The van der Waals surface area contributed by atoms with Crippen LogP contribution in [0.1, 0.15) is 32.3 Å². The number of anilines is 1. The molecule has 0 heterocycles. The van der Waals surface area contributed by atoms with Crippen LogP contribution in [0.2, 0.25) is 5.02 Å². The zero-order valence-electron chi connectivity index (χ0n) is 18.9. The molecule has 2 amide bonds. The van der Waals surface area contributed by atoms with E-state index in [-0.39, 0.29) is 18.1 Å². The summed E-state index contributed by atoms with van der Waals surface area (Å²) < 4.78 is 39.9. The zero-order chi connectivity index (χ0) is 24.6. The molecular weight excluding hydrogens is 469 g/mol. The van der Waals surface area contributed by atoms with Gasteiger partial charge < -0.3 is 10.2 Å². The first-order valence-corrected chi connectivity index (χ1v) is 12.8. The number of halogens is 2. The quantitative estimate of drug-likeness (QED) is 0.481. The Hall–Kier alpha value is -2.65. The molecule has 1 atom stereocenters. The van der Waals surface area contributed by atoms with E-state index in [1.54, 1.807) is 31.2 Å². The molecule has 7 nitrogen and oxygen atoms in total. The third-order valence-electron chi connectivity index (χ3n) is 5.04. The fraction of sp³-hybridized carbons (Fsp3) is 0.391. The number of carbonyl (C=O) groups excluding carboxylic acids is 2. The zero-order valence-corrected chi connectivity index (χ0v) is 20.5. The number of hydrogen-bond donors (Lipinski definition) is 1. The summed E-state index contributed by atoms with van der Waals surface area (Å²) in [6.45, 7) is 3.39. The number of rotatable bonds is 11. The largest absolute Gasteiger partial charge is 0.354 e. The highest BCUT2D eigenvalue weighted by molar-refractivity contribution is 7.92. The van der Waals surface area contributed by atoms with E-state index < -0.39 is 34.3 Å². The molecule has 2 aromatic carbocycles. The van der Waals surface area contributed by atoms with Crippen molar-refractivity contribution >= 4 is 39.1 Å². The predicted octanol–water partition coefficient (Wildman–Crippen LogP) is 3.58. The SMILES string of the molecule is CCCCNC(=O)[C@H](C)N(Cc1cccc(Cl)c1)C(=O)CN(c1ccccc1F)S(C)(=O)=O. The number of hydrogen-bond acceptors (Lipinski definition) is 4. The van der Waals surface area contributed by atoms with Crippen LogP contribution in [0, 0.1) is 5.82 Å². The number of carbonyl (C=O) groups is 2. The average molecular weight is 498 g/mol. The molecule has 0 aromatic heterocycles. The maximum Gasteiger partial charge on any atom is 0.244 e. The monoisotopic (exact) mass is 497 g/mol. The van der Waals surface area contributed by atoms with Crippen molar-refractivity contribution in [2.75, 3.05) is 23.7 Å². The van der Waals surface area contributed by atoms with E-state index in [1.807, 2.05) is 6.92 Å². The van der Waals surface area contributed by atoms with E-state index in [4.69, 9.17) is 11.6 Å². The Morgan fingerprint density at radius 1 is 1.15 bits per heavy atom. The van der Waals surface area contributed by atoms with Gasteiger partial charge in [-0.1, -0.05) is 49.2 Å². The topological polar surface area (TPSA) is 86.8 Å². The summed E-state index contributed by atoms with van der Waals surface area (Å²) in [6.07, 6.45) is 2.58. The molecule has 2 aromatic rings. The Morgan fingerprint density at radius 2 is 1.85 bits per heavy atom. The van der Waals surface area contributed by atoms with Crippen LogP contribution in [0.15, 0.2) is 48.5 Å². The number of sulfonamides is 1. The first kappa shape index (κ1) is 26.6. The fourth-order valence-corrected chi connectivity index (χ4v) is 4.26. The Balaban J connectivity index is 2.36. The van der Waals surface area contributed by atoms with Gasteiger partial charge in [-0.25, -0.2) is 12.8 Å². The summed E-state index contributed by atoms with van der Waals surface area (Å²) in [5.74, 6) is -1.79. The minimum atomic E-state index is -3.99. The maximum absolute atomic E-state index is 14.4. The lowest BCUT2D eigenvalue weighted by Gasteiger charge is -2.31. The second kappa shape index (κ2) is 12.0. The summed E-state index contributed by atoms with van der Waals surface area (Å²) in [5.41, 5.74) is 0.428. The lowest BCUT2D eigenvalue weighted by atomic mass is 10.1. The molecule has 2 rings (SSSR count). The van der Waals surface area contributed by atoms with Crippen LogP contribution in [0.25, 0.3) is 0 Å². The van der Waals surface area contributed by atoms with Gasteiger partial charge in [-0.05, 0) is 43.2 Å². The molecule has 0 aliphatic carbocycles. The van der Waals surface area contributed by atoms with Crippen molar-refractivity contribution in [2.45, 2.75) is 39.3 Å². The van der Waals surface area contributed by atoms with Gasteiger partial charge >= 0.3 is 0 Å². The summed E-state index contributed by atoms with van der Waals surface area (Å²) >= 11 is 6.06. The number of unbranched alkanes of at least 4 members (excludes halogenated alkanes) is 1. The maximum atomic E-state index is 14.4. The molecule has 0 spiro atoms. The van der Waals surface area contributed by atoms with Crippen LogP contribution in [0.3, 0.4) is 0 Å². The second-order valence-electron chi connectivity index (χ2n) is 7.69. The highest BCUT2D eigenvalue weighted by Gasteiger charge is 2.30. The molecule has 33 heavy (non-hydrogen) atoms. The first-order chi connectivity index (χ1) is 15.5. The Kier molecular flexibility index (Phi) is 9.67. The van der Waals surface area contributed by atoms with Crippen molar-refractivity contribution in [1.82, 2.24) is 10.2 Å². The molecule has 0 aliphatic heterocycles. The van der Waals surface area contributed by atoms with Crippen LogP contribution in [-0.4, -0.2) is 50.5 Å². The van der Waals surface area contributed by atoms with E-state index in [0.29, 0.717) is 21.4 Å². The predicted molar refractivity (Wildman–Crippen MR) is 128 cm³/mol. The summed E-state index contributed by atoms with van der Waals surface area (Å²) in [5, 5.41) is 3.25. The van der Waals surface area contributed by atoms with Crippen LogP contribution in [0.4, 0.5) is 10.1 Å². The third kappa shape index (κ3) is 7.71. The Bertz CT molecular complexity index is 1080. The third-order valence-corrected chi connectivity index (χ3v) is 6.40. The standard InChI is InChI=1S/C23H29ClFN3O4S/c1-4-5-13-26-23(30)17(2)27(15-18-9-8-10-19(24)14-18)22(29)16-28(33(3,31)32)21-12-7-6-11-20(21)25/h6-12,14,17H,4-5,13,15-16H2,1-3H3,(H,26,30)/t17-/m0/s1. The van der Waals surface area contributed by atoms with Gasteiger partial charge in [0.2, 0.25) is 21.8 Å². The van der Waals surface area contributed by atoms with Gasteiger partial charge in [0.25, 0.3) is 0 Å². The Labute approximate surface area is 199 Å². The van der Waals surface area contributed by atoms with Gasteiger partial charge in [-0.15, -0.1) is 0 Å². The van der Waals surface area contributed by atoms with Crippen LogP contribution in [-0.2, 0) is 26.2 Å². The van der Waals surface area contributed by atoms with Gasteiger partial charge in [-0.2, -0.15) is 0 Å². The fourth-order valence-electron chi connectivity index (χ4n) is 3.20. The smallest absolute Gasteiger partial charge is 0.244 e. The highest BCUT2D eigenvalue weighted by Crippen LogP contribution is 2.22. The average Bonchev–Trinajstić information content (AvgIpc) is 2.75. The van der Waals surface area contributed by atoms with Crippen molar-refractivity contribution in [3.8, 4) is 0 Å². The summed E-state index contributed by atoms with van der Waals surface area (Å²) in [7, 11) is -3.99. The van der Waals surface area contributed by atoms with E-state index in [2.05, 4.69) is 5.32 Å². The lowest BCUT2D eigenvalue weighted by Crippen LogP contribution is -2.51. The van der Waals surface area contributed by atoms with Gasteiger partial charge in [0.05, 0.1) is 11.9 Å². The van der Waals surface area contributed by atoms with Gasteiger partial charge in [-0.3, -0.25) is 13.9 Å². The number of para-hydroxylation sites is 1. The number of benzene rings is 2. The first-order valence-electron chi connectivity index (χ1n) is 10.6. The molecule has 0 bridgehead atoms. The van der Waals surface area contributed by atoms with E-state index in [9.17, 15) is 22.4 Å². The van der Waals surface area contributed by atoms with Crippen molar-refractivity contribution in [2.24, 2.45) is 0 Å². The molecule has 10 heteroatoms. The van der Waals surface area contributed by atoms with Crippen molar-refractivity contribution in [3.63, 3.8) is 0 Å². The number of nitrogens with one attached hydrogen (secondary N) is 1. The molecule has 0 fully saturated rings. The van der Waals surface area contributed by atoms with Crippen LogP contribution >= 0.6 is 11.6 Å². The second-order valence-corrected chi connectivity index (χ2v) is 10.0. The minimum Gasteiger partial charge on any atom is -0.354 e. The van der Waals surface area contributed by atoms with Gasteiger partial charge in [0.1, 0.15) is 18.4 Å². The molecule has 1 N–H and O–H groups in total. The van der Waals surface area contributed by atoms with Crippen molar-refractivity contribution in [1.29, 1.82) is 0 Å². The normalized spacial score (nSPS) is 12.2. The molecule has 0 unspecified atom stereocenters. The van der Waals surface area contributed by atoms with E-state index in [0.717, 1.165) is 25.2 Å². The van der Waals surface area contributed by atoms with E-state index >= 15 is 0 Å². The lowest BCUT2D eigenvalue weighted by molar-refractivity contribution is -0.139. The minimum absolute atomic E-state index is 0.0244. The molecule has 0 saturated carbocycles. The summed E-state index contributed by atoms with van der Waals surface area (Å²) in [6, 6.07) is 11.2. The van der Waals surface area contributed by atoms with Gasteiger partial charge in [0, 0.05) is 18.1 Å². The highest BCUT2D eigenvalue weighted by atomic mass is 35.5. The molecule has 180 valence electrons. The van der Waals surface area contributed by atoms with E-state index in [1.165, 1.54) is 23.1 Å². The van der Waals surface area contributed by atoms with Crippen LogP contribution < -0.4 is 9.62 Å². The number of nitrogens with zero attached hydrogens (tertiary/aromatic N) is 2. The Morgan fingerprint density at radius 3 is 2.45 bits per heavy atom. The van der Waals surface area contributed by atoms with Crippen LogP contribution in [0.5, 0.6) is 0 Å². The number of amides is 2. The van der Waals surface area contributed by atoms with Gasteiger partial charge in [0.15, 0.2) is 0 Å². The molecule has 0 aliphatic rings.